The average molecular weight is 315 g/mol. The smallest absolute Gasteiger partial charge is 0.242 e. The van der Waals surface area contributed by atoms with E-state index in [1.807, 2.05) is 0 Å². The molecule has 2 heterocycles. The number of fused-ring (bicyclic) bond motifs is 2. The zero-order chi connectivity index (χ0) is 14.6. The summed E-state index contributed by atoms with van der Waals surface area (Å²) in [6.45, 7) is 11.2. The van der Waals surface area contributed by atoms with Crippen molar-refractivity contribution < 1.29 is 4.79 Å². The van der Waals surface area contributed by atoms with E-state index in [1.54, 1.807) is 0 Å². The first kappa shape index (κ1) is 17.1. The minimum absolute atomic E-state index is 0. The van der Waals surface area contributed by atoms with Crippen LogP contribution in [0.1, 0.15) is 66.2 Å². The van der Waals surface area contributed by atoms with E-state index in [-0.39, 0.29) is 17.9 Å². The van der Waals surface area contributed by atoms with Crippen molar-refractivity contribution in [3.63, 3.8) is 0 Å². The monoisotopic (exact) mass is 314 g/mol. The van der Waals surface area contributed by atoms with Gasteiger partial charge in [0.25, 0.3) is 0 Å². The van der Waals surface area contributed by atoms with Crippen LogP contribution in [0.25, 0.3) is 0 Å². The number of hydrogen-bond acceptors (Lipinski definition) is 2. The first-order valence-electron chi connectivity index (χ1n) is 8.29. The molecule has 122 valence electrons. The second-order valence-corrected chi connectivity index (χ2v) is 8.86. The third-order valence-electron chi connectivity index (χ3n) is 5.77. The number of amides is 1. The van der Waals surface area contributed by atoms with E-state index in [0.29, 0.717) is 22.8 Å². The van der Waals surface area contributed by atoms with E-state index >= 15 is 0 Å². The molecule has 0 spiro atoms. The van der Waals surface area contributed by atoms with E-state index in [2.05, 4.69) is 37.9 Å². The fourth-order valence-electron chi connectivity index (χ4n) is 5.25. The number of rotatable bonds is 1. The molecular weight excluding hydrogens is 284 g/mol. The zero-order valence-electron chi connectivity index (χ0n) is 14.0. The van der Waals surface area contributed by atoms with Gasteiger partial charge in [-0.2, -0.15) is 0 Å². The predicted octanol–water partition coefficient (Wildman–Crippen LogP) is 3.37. The standard InChI is InChI=1S/C17H30N2O.ClH/c1-15(2)9-13-10-16(3,11-15)12-19(13)14(20)17(4)7-5-6-8-18-17;/h13,18H,5-12H2,1-4H3;1H. The predicted molar refractivity (Wildman–Crippen MR) is 88.7 cm³/mol. The summed E-state index contributed by atoms with van der Waals surface area (Å²) in [5.74, 6) is 0.364. The summed E-state index contributed by atoms with van der Waals surface area (Å²) >= 11 is 0. The number of halogens is 1. The summed E-state index contributed by atoms with van der Waals surface area (Å²) in [6.07, 6.45) is 7.01. The Kier molecular flexibility index (Phi) is 4.41. The van der Waals surface area contributed by atoms with Crippen LogP contribution in [0.2, 0.25) is 0 Å². The van der Waals surface area contributed by atoms with Crippen LogP contribution < -0.4 is 5.32 Å². The van der Waals surface area contributed by atoms with Crippen molar-refractivity contribution in [3.8, 4) is 0 Å². The molecule has 1 saturated carbocycles. The number of carbonyl (C=O) groups is 1. The molecule has 3 nitrogen and oxygen atoms in total. The van der Waals surface area contributed by atoms with Gasteiger partial charge in [-0.25, -0.2) is 0 Å². The molecule has 1 N–H and O–H groups in total. The molecule has 2 bridgehead atoms. The van der Waals surface area contributed by atoms with Gasteiger partial charge in [0.05, 0.1) is 5.54 Å². The average Bonchev–Trinajstić information content (AvgIpc) is 2.58. The topological polar surface area (TPSA) is 32.3 Å². The molecule has 3 fully saturated rings. The van der Waals surface area contributed by atoms with E-state index in [0.717, 1.165) is 19.5 Å². The van der Waals surface area contributed by atoms with Gasteiger partial charge in [-0.3, -0.25) is 4.79 Å². The quantitative estimate of drug-likeness (QED) is 0.805. The normalized spacial score (nSPS) is 41.5. The van der Waals surface area contributed by atoms with Gasteiger partial charge in [0, 0.05) is 12.6 Å². The number of piperidine rings is 1. The maximum atomic E-state index is 13.1. The van der Waals surface area contributed by atoms with Gasteiger partial charge in [0.15, 0.2) is 0 Å². The summed E-state index contributed by atoms with van der Waals surface area (Å²) in [4.78, 5) is 15.3. The molecule has 3 rings (SSSR count). The SMILES string of the molecule is CC1(C)CC2CC(C)(CN2C(=O)C2(C)CCCCN2)C1.Cl. The van der Waals surface area contributed by atoms with E-state index < -0.39 is 0 Å². The Morgan fingerprint density at radius 3 is 2.48 bits per heavy atom. The summed E-state index contributed by atoms with van der Waals surface area (Å²) < 4.78 is 0. The van der Waals surface area contributed by atoms with Crippen molar-refractivity contribution in [2.75, 3.05) is 13.1 Å². The highest BCUT2D eigenvalue weighted by Crippen LogP contribution is 2.52. The largest absolute Gasteiger partial charge is 0.338 e. The molecule has 0 aromatic carbocycles. The van der Waals surface area contributed by atoms with Gasteiger partial charge in [-0.1, -0.05) is 20.8 Å². The van der Waals surface area contributed by atoms with Crippen LogP contribution in [0.4, 0.5) is 0 Å². The highest BCUT2D eigenvalue weighted by Gasteiger charge is 2.53. The number of nitrogens with one attached hydrogen (secondary N) is 1. The Bertz CT molecular complexity index is 417. The molecule has 0 aromatic heterocycles. The van der Waals surface area contributed by atoms with Crippen molar-refractivity contribution in [3.05, 3.63) is 0 Å². The Morgan fingerprint density at radius 1 is 1.14 bits per heavy atom. The number of hydrogen-bond donors (Lipinski definition) is 1. The zero-order valence-corrected chi connectivity index (χ0v) is 14.8. The highest BCUT2D eigenvalue weighted by atomic mass is 35.5. The summed E-state index contributed by atoms with van der Waals surface area (Å²) in [5.41, 5.74) is 0.414. The van der Waals surface area contributed by atoms with Gasteiger partial charge in [0.1, 0.15) is 0 Å². The van der Waals surface area contributed by atoms with Crippen LogP contribution in [-0.4, -0.2) is 35.5 Å². The lowest BCUT2D eigenvalue weighted by molar-refractivity contribution is -0.140. The minimum Gasteiger partial charge on any atom is -0.338 e. The lowest BCUT2D eigenvalue weighted by Crippen LogP contribution is -2.59. The Morgan fingerprint density at radius 2 is 1.86 bits per heavy atom. The van der Waals surface area contributed by atoms with Crippen molar-refractivity contribution in [1.29, 1.82) is 0 Å². The molecule has 0 radical (unpaired) electrons. The van der Waals surface area contributed by atoms with Gasteiger partial charge in [-0.15, -0.1) is 12.4 Å². The van der Waals surface area contributed by atoms with Crippen LogP contribution in [0.5, 0.6) is 0 Å². The number of nitrogens with zero attached hydrogens (tertiary/aromatic N) is 1. The second kappa shape index (κ2) is 5.42. The van der Waals surface area contributed by atoms with E-state index in [4.69, 9.17) is 0 Å². The lowest BCUT2D eigenvalue weighted by atomic mass is 9.65. The van der Waals surface area contributed by atoms with Crippen LogP contribution in [-0.2, 0) is 4.79 Å². The molecule has 3 unspecified atom stereocenters. The van der Waals surface area contributed by atoms with E-state index in [1.165, 1.54) is 32.1 Å². The van der Waals surface area contributed by atoms with E-state index in [9.17, 15) is 4.79 Å². The molecule has 3 aliphatic rings. The van der Waals surface area contributed by atoms with Crippen molar-refractivity contribution in [1.82, 2.24) is 10.2 Å². The van der Waals surface area contributed by atoms with Crippen LogP contribution in [0.15, 0.2) is 0 Å². The van der Waals surface area contributed by atoms with Crippen LogP contribution in [0, 0.1) is 10.8 Å². The molecule has 3 atom stereocenters. The van der Waals surface area contributed by atoms with Crippen LogP contribution >= 0.6 is 12.4 Å². The molecular formula is C17H31ClN2O. The molecule has 2 saturated heterocycles. The lowest BCUT2D eigenvalue weighted by Gasteiger charge is -2.41. The Balaban J connectivity index is 0.00000161. The maximum Gasteiger partial charge on any atom is 0.242 e. The molecule has 4 heteroatoms. The summed E-state index contributed by atoms with van der Waals surface area (Å²) in [5, 5.41) is 3.49. The van der Waals surface area contributed by atoms with Gasteiger partial charge in [-0.05, 0) is 62.8 Å². The molecule has 1 aliphatic carbocycles. The Labute approximate surface area is 135 Å². The summed E-state index contributed by atoms with van der Waals surface area (Å²) in [7, 11) is 0. The fraction of sp³-hybridized carbons (Fsp3) is 0.941. The molecule has 21 heavy (non-hydrogen) atoms. The fourth-order valence-corrected chi connectivity index (χ4v) is 5.25. The van der Waals surface area contributed by atoms with Crippen LogP contribution in [0.3, 0.4) is 0 Å². The molecule has 0 aromatic rings. The molecule has 2 aliphatic heterocycles. The van der Waals surface area contributed by atoms with Crippen molar-refractivity contribution in [2.45, 2.75) is 77.8 Å². The van der Waals surface area contributed by atoms with Crippen molar-refractivity contribution >= 4 is 18.3 Å². The Hall–Kier alpha value is -0.280. The minimum atomic E-state index is -0.309. The first-order chi connectivity index (χ1) is 9.23. The summed E-state index contributed by atoms with van der Waals surface area (Å²) in [6, 6.07) is 0.469. The highest BCUT2D eigenvalue weighted by molar-refractivity contribution is 5.86. The number of likely N-dealkylation sites (tertiary alicyclic amines) is 1. The third kappa shape index (κ3) is 3.10. The van der Waals surface area contributed by atoms with Gasteiger partial charge in [0.2, 0.25) is 5.91 Å². The molecule has 1 amide bonds. The maximum absolute atomic E-state index is 13.1. The van der Waals surface area contributed by atoms with Gasteiger partial charge < -0.3 is 10.2 Å². The number of carbonyl (C=O) groups excluding carboxylic acids is 1. The first-order valence-corrected chi connectivity index (χ1v) is 8.29. The second-order valence-electron chi connectivity index (χ2n) is 8.86. The third-order valence-corrected chi connectivity index (χ3v) is 5.77. The van der Waals surface area contributed by atoms with Gasteiger partial charge >= 0.3 is 0 Å². The van der Waals surface area contributed by atoms with Crippen molar-refractivity contribution in [2.24, 2.45) is 10.8 Å².